The van der Waals surface area contributed by atoms with Gasteiger partial charge < -0.3 is 9.64 Å². The summed E-state index contributed by atoms with van der Waals surface area (Å²) >= 11 is 3.28. The average Bonchev–Trinajstić information content (AvgIpc) is 2.85. The first-order chi connectivity index (χ1) is 16.8. The Bertz CT molecular complexity index is 1220. The molecule has 0 unspecified atom stereocenters. The Labute approximate surface area is 210 Å². The molecule has 0 bridgehead atoms. The molecule has 0 heterocycles. The third kappa shape index (κ3) is 8.11. The van der Waals surface area contributed by atoms with Crippen LogP contribution in [0, 0.1) is 10.1 Å². The molecule has 180 valence electrons. The number of Topliss-reactive ketones (excluding diaryl/α,β-unsaturated/α-hetero) is 1. The number of halogens is 1. The van der Waals surface area contributed by atoms with Crippen LogP contribution < -0.4 is 4.90 Å². The molecule has 0 radical (unpaired) electrons. The smallest absolute Gasteiger partial charge is 0.308 e. The van der Waals surface area contributed by atoms with Gasteiger partial charge in [0, 0.05) is 30.9 Å². The molecule has 0 N–H and O–H groups in total. The number of rotatable bonds is 11. The summed E-state index contributed by atoms with van der Waals surface area (Å²) in [5.74, 6) is -0.637. The van der Waals surface area contributed by atoms with Gasteiger partial charge in [0.15, 0.2) is 5.78 Å². The molecular formula is C25H23BrN4O5. The second-order valence-corrected chi connectivity index (χ2v) is 8.48. The molecule has 3 aromatic rings. The van der Waals surface area contributed by atoms with E-state index in [1.54, 1.807) is 12.1 Å². The molecule has 0 aliphatic carbocycles. The van der Waals surface area contributed by atoms with Crippen molar-refractivity contribution in [3.05, 3.63) is 92.9 Å². The van der Waals surface area contributed by atoms with Crippen LogP contribution in [0.3, 0.4) is 0 Å². The van der Waals surface area contributed by atoms with Crippen LogP contribution >= 0.6 is 15.9 Å². The fraction of sp³-hybridized carbons (Fsp3) is 0.200. The summed E-state index contributed by atoms with van der Waals surface area (Å²) in [5.41, 5.74) is 2.98. The largest absolute Gasteiger partial charge is 0.458 e. The van der Waals surface area contributed by atoms with Gasteiger partial charge in [0.05, 0.1) is 21.5 Å². The number of carbonyl (C=O) groups excluding carboxylic acids is 2. The first kappa shape index (κ1) is 25.7. The number of esters is 1. The number of ether oxygens (including phenoxy) is 1. The number of non-ortho nitro benzene ring substituents is 1. The monoisotopic (exact) mass is 538 g/mol. The second kappa shape index (κ2) is 12.5. The van der Waals surface area contributed by atoms with E-state index >= 15 is 0 Å². The van der Waals surface area contributed by atoms with Gasteiger partial charge in [-0.2, -0.15) is 5.11 Å². The lowest BCUT2D eigenvalue weighted by atomic mass is 10.2. The van der Waals surface area contributed by atoms with Crippen LogP contribution in [0.25, 0.3) is 0 Å². The van der Waals surface area contributed by atoms with Crippen molar-refractivity contribution in [2.24, 2.45) is 10.2 Å². The Morgan fingerprint density at radius 3 is 2.37 bits per heavy atom. The van der Waals surface area contributed by atoms with E-state index in [0.717, 1.165) is 11.3 Å². The molecule has 35 heavy (non-hydrogen) atoms. The van der Waals surface area contributed by atoms with Crippen LogP contribution in [0.5, 0.6) is 0 Å². The summed E-state index contributed by atoms with van der Waals surface area (Å²) in [6, 6.07) is 21.5. The highest BCUT2D eigenvalue weighted by molar-refractivity contribution is 9.10. The lowest BCUT2D eigenvalue weighted by Gasteiger charge is -2.25. The Balaban J connectivity index is 1.72. The summed E-state index contributed by atoms with van der Waals surface area (Å²) in [6.45, 7) is 2.13. The zero-order valence-corrected chi connectivity index (χ0v) is 20.6. The molecule has 10 heteroatoms. The number of hydrogen-bond donors (Lipinski definition) is 0. The van der Waals surface area contributed by atoms with Gasteiger partial charge >= 0.3 is 5.97 Å². The lowest BCUT2D eigenvalue weighted by Crippen LogP contribution is -2.26. The van der Waals surface area contributed by atoms with Crippen molar-refractivity contribution < 1.29 is 19.2 Å². The highest BCUT2D eigenvalue weighted by atomic mass is 79.9. The van der Waals surface area contributed by atoms with E-state index in [9.17, 15) is 19.7 Å². The summed E-state index contributed by atoms with van der Waals surface area (Å²) in [5, 5.41) is 19.3. The Morgan fingerprint density at radius 2 is 1.74 bits per heavy atom. The van der Waals surface area contributed by atoms with Crippen molar-refractivity contribution in [3.63, 3.8) is 0 Å². The van der Waals surface area contributed by atoms with Crippen molar-refractivity contribution >= 4 is 50.4 Å². The van der Waals surface area contributed by atoms with Crippen molar-refractivity contribution in [2.45, 2.75) is 19.9 Å². The molecule has 0 saturated carbocycles. The predicted molar refractivity (Wildman–Crippen MR) is 135 cm³/mol. The minimum absolute atomic E-state index is 0.0381. The molecule has 0 saturated heterocycles. The highest BCUT2D eigenvalue weighted by Crippen LogP contribution is 2.31. The van der Waals surface area contributed by atoms with E-state index in [1.165, 1.54) is 25.1 Å². The number of nitrogens with zero attached hydrogens (tertiary/aromatic N) is 4. The van der Waals surface area contributed by atoms with Gasteiger partial charge in [-0.1, -0.05) is 30.3 Å². The number of anilines is 1. The van der Waals surface area contributed by atoms with Crippen LogP contribution in [-0.2, 0) is 20.9 Å². The number of carbonyl (C=O) groups is 2. The van der Waals surface area contributed by atoms with Gasteiger partial charge in [0.25, 0.3) is 5.69 Å². The number of nitro groups is 1. The minimum atomic E-state index is -0.478. The number of nitro benzene ring substituents is 1. The van der Waals surface area contributed by atoms with E-state index in [-0.39, 0.29) is 24.5 Å². The van der Waals surface area contributed by atoms with Gasteiger partial charge in [-0.05, 0) is 58.7 Å². The average molecular weight is 539 g/mol. The summed E-state index contributed by atoms with van der Waals surface area (Å²) < 4.78 is 5.45. The van der Waals surface area contributed by atoms with Crippen molar-refractivity contribution in [1.82, 2.24) is 0 Å². The topological polar surface area (TPSA) is 114 Å². The third-order valence-corrected chi connectivity index (χ3v) is 5.50. The molecule has 0 aliphatic heterocycles. The Hall–Kier alpha value is -3.92. The third-order valence-electron chi connectivity index (χ3n) is 4.87. The van der Waals surface area contributed by atoms with Gasteiger partial charge in [0.1, 0.15) is 12.3 Å². The van der Waals surface area contributed by atoms with E-state index in [0.29, 0.717) is 28.9 Å². The Morgan fingerprint density at radius 1 is 1.03 bits per heavy atom. The van der Waals surface area contributed by atoms with Crippen LogP contribution in [0.4, 0.5) is 22.7 Å². The normalized spacial score (nSPS) is 10.8. The fourth-order valence-corrected chi connectivity index (χ4v) is 3.56. The Kier molecular flexibility index (Phi) is 9.19. The first-order valence-electron chi connectivity index (χ1n) is 10.7. The number of ketones is 1. The van der Waals surface area contributed by atoms with E-state index in [4.69, 9.17) is 4.74 Å². The quantitative estimate of drug-likeness (QED) is 0.122. The molecule has 0 aliphatic rings. The molecule has 9 nitrogen and oxygen atoms in total. The summed E-state index contributed by atoms with van der Waals surface area (Å²) in [4.78, 5) is 35.5. The van der Waals surface area contributed by atoms with Crippen LogP contribution in [-0.4, -0.2) is 29.8 Å². The van der Waals surface area contributed by atoms with Crippen molar-refractivity contribution in [3.8, 4) is 0 Å². The van der Waals surface area contributed by atoms with E-state index in [1.807, 2.05) is 47.4 Å². The molecule has 0 aromatic heterocycles. The van der Waals surface area contributed by atoms with Crippen LogP contribution in [0.15, 0.2) is 87.5 Å². The van der Waals surface area contributed by atoms with Crippen LogP contribution in [0.2, 0.25) is 0 Å². The molecule has 3 rings (SSSR count). The number of hydrogen-bond acceptors (Lipinski definition) is 8. The van der Waals surface area contributed by atoms with Gasteiger partial charge in [-0.3, -0.25) is 19.7 Å². The summed E-state index contributed by atoms with van der Waals surface area (Å²) in [7, 11) is 0. The van der Waals surface area contributed by atoms with Crippen molar-refractivity contribution in [2.75, 3.05) is 18.1 Å². The molecule has 3 aromatic carbocycles. The summed E-state index contributed by atoms with van der Waals surface area (Å²) in [6.07, 6.45) is 0.135. The van der Waals surface area contributed by atoms with Gasteiger partial charge in [-0.25, -0.2) is 0 Å². The second-order valence-electron chi connectivity index (χ2n) is 7.63. The predicted octanol–water partition coefficient (Wildman–Crippen LogP) is 6.30. The molecule has 0 amide bonds. The van der Waals surface area contributed by atoms with E-state index < -0.39 is 10.9 Å². The van der Waals surface area contributed by atoms with Crippen molar-refractivity contribution in [1.29, 1.82) is 0 Å². The van der Waals surface area contributed by atoms with Crippen LogP contribution in [0.1, 0.15) is 18.9 Å². The lowest BCUT2D eigenvalue weighted by molar-refractivity contribution is -0.384. The maximum Gasteiger partial charge on any atom is 0.308 e. The molecule has 0 fully saturated rings. The minimum Gasteiger partial charge on any atom is -0.458 e. The first-order valence-corrected chi connectivity index (χ1v) is 11.5. The van der Waals surface area contributed by atoms with E-state index in [2.05, 4.69) is 26.2 Å². The van der Waals surface area contributed by atoms with Gasteiger partial charge in [0.2, 0.25) is 0 Å². The molecular weight excluding hydrogens is 516 g/mol. The fourth-order valence-electron chi connectivity index (χ4n) is 3.12. The standard InChI is InChI=1S/C25H23BrN4O5/c1-18(31)17-35-25(32)13-14-29(16-19-5-3-2-4-6-19)21-9-7-20(8-10-21)27-28-24-12-11-22(30(33)34)15-23(24)26/h2-12,15H,13-14,16-17H2,1H3/b28-27+. The maximum absolute atomic E-state index is 12.0. The molecule has 0 atom stereocenters. The molecule has 0 spiro atoms. The van der Waals surface area contributed by atoms with Gasteiger partial charge in [-0.15, -0.1) is 5.11 Å². The number of azo groups is 1. The number of benzene rings is 3. The maximum atomic E-state index is 12.0. The zero-order valence-electron chi connectivity index (χ0n) is 19.0. The SMILES string of the molecule is CC(=O)COC(=O)CCN(Cc1ccccc1)c1ccc(/N=N/c2ccc([N+](=O)[O-])cc2Br)cc1. The zero-order chi connectivity index (χ0) is 25.2. The highest BCUT2D eigenvalue weighted by Gasteiger charge is 2.12.